The Labute approximate surface area is 102 Å². The van der Waals surface area contributed by atoms with Crippen molar-refractivity contribution >= 4 is 0 Å². The quantitative estimate of drug-likeness (QED) is 0.640. The van der Waals surface area contributed by atoms with Crippen molar-refractivity contribution < 1.29 is 0 Å². The summed E-state index contributed by atoms with van der Waals surface area (Å²) in [6.45, 7) is 6.95. The Bertz CT molecular complexity index is 167. The van der Waals surface area contributed by atoms with Crippen molar-refractivity contribution in [2.45, 2.75) is 90.6 Å². The molecule has 96 valence electrons. The molecule has 0 bridgehead atoms. The van der Waals surface area contributed by atoms with Crippen molar-refractivity contribution in [1.29, 1.82) is 0 Å². The van der Waals surface area contributed by atoms with Gasteiger partial charge in [-0.3, -0.25) is 0 Å². The monoisotopic (exact) mass is 225 g/mol. The topological polar surface area (TPSA) is 12.0 Å². The second-order valence-electron chi connectivity index (χ2n) is 5.58. The van der Waals surface area contributed by atoms with E-state index >= 15 is 0 Å². The average Bonchev–Trinajstić information content (AvgIpc) is 2.74. The zero-order chi connectivity index (χ0) is 11.8. The summed E-state index contributed by atoms with van der Waals surface area (Å²) in [7, 11) is 0. The Kier molecular flexibility index (Phi) is 7.11. The lowest BCUT2D eigenvalue weighted by Gasteiger charge is -2.22. The molecule has 16 heavy (non-hydrogen) atoms. The van der Waals surface area contributed by atoms with Crippen LogP contribution in [0.4, 0.5) is 0 Å². The van der Waals surface area contributed by atoms with Crippen LogP contribution in [0.5, 0.6) is 0 Å². The number of unbranched alkanes of at least 4 members (excludes halogenated alkanes) is 1. The van der Waals surface area contributed by atoms with E-state index in [1.54, 1.807) is 0 Å². The highest BCUT2D eigenvalue weighted by Gasteiger charge is 2.24. The maximum Gasteiger partial charge on any atom is 0.00723 e. The molecule has 0 spiro atoms. The van der Waals surface area contributed by atoms with Crippen LogP contribution in [0.3, 0.4) is 0 Å². The fourth-order valence-corrected chi connectivity index (χ4v) is 3.04. The predicted octanol–water partition coefficient (Wildman–Crippen LogP) is 4.51. The Morgan fingerprint density at radius 2 is 1.88 bits per heavy atom. The van der Waals surface area contributed by atoms with Crippen molar-refractivity contribution in [2.24, 2.45) is 5.92 Å². The van der Waals surface area contributed by atoms with Crippen molar-refractivity contribution in [2.75, 3.05) is 0 Å². The third-order valence-electron chi connectivity index (χ3n) is 4.13. The second kappa shape index (κ2) is 8.11. The van der Waals surface area contributed by atoms with Gasteiger partial charge in [-0.05, 0) is 38.0 Å². The van der Waals surface area contributed by atoms with Crippen molar-refractivity contribution in [1.82, 2.24) is 5.32 Å². The largest absolute Gasteiger partial charge is 0.311 e. The molecule has 1 aliphatic carbocycles. The van der Waals surface area contributed by atoms with Gasteiger partial charge in [-0.2, -0.15) is 0 Å². The molecule has 1 N–H and O–H groups in total. The number of hydrogen-bond donors (Lipinski definition) is 1. The van der Waals surface area contributed by atoms with Crippen molar-refractivity contribution in [3.05, 3.63) is 0 Å². The summed E-state index contributed by atoms with van der Waals surface area (Å²) < 4.78 is 0. The minimum atomic E-state index is 0.797. The van der Waals surface area contributed by atoms with Crippen LogP contribution in [-0.2, 0) is 0 Å². The van der Waals surface area contributed by atoms with E-state index in [1.807, 2.05) is 0 Å². The number of hydrogen-bond acceptors (Lipinski definition) is 1. The molecule has 0 heterocycles. The van der Waals surface area contributed by atoms with E-state index in [9.17, 15) is 0 Å². The van der Waals surface area contributed by atoms with Crippen LogP contribution in [0.1, 0.15) is 78.6 Å². The number of nitrogens with one attached hydrogen (secondary N) is 1. The fraction of sp³-hybridized carbons (Fsp3) is 1.00. The first-order valence-electron chi connectivity index (χ1n) is 7.56. The summed E-state index contributed by atoms with van der Waals surface area (Å²) in [6, 6.07) is 1.63. The Hall–Kier alpha value is -0.0400. The van der Waals surface area contributed by atoms with Gasteiger partial charge in [-0.1, -0.05) is 46.5 Å². The highest BCUT2D eigenvalue weighted by atomic mass is 15.0. The van der Waals surface area contributed by atoms with Crippen molar-refractivity contribution in [3.63, 3.8) is 0 Å². The van der Waals surface area contributed by atoms with Gasteiger partial charge in [0.15, 0.2) is 0 Å². The molecule has 0 saturated heterocycles. The van der Waals surface area contributed by atoms with E-state index in [-0.39, 0.29) is 0 Å². The highest BCUT2D eigenvalue weighted by Crippen LogP contribution is 2.28. The summed E-state index contributed by atoms with van der Waals surface area (Å²) in [6.07, 6.45) is 12.5. The van der Waals surface area contributed by atoms with Gasteiger partial charge in [-0.15, -0.1) is 0 Å². The van der Waals surface area contributed by atoms with Crippen LogP contribution in [0.25, 0.3) is 0 Å². The summed E-state index contributed by atoms with van der Waals surface area (Å²) in [5.74, 6) is 1.01. The van der Waals surface area contributed by atoms with E-state index in [2.05, 4.69) is 26.1 Å². The van der Waals surface area contributed by atoms with Gasteiger partial charge in [0, 0.05) is 12.1 Å². The van der Waals surface area contributed by atoms with E-state index in [0.29, 0.717) is 0 Å². The molecule has 0 aliphatic heterocycles. The maximum absolute atomic E-state index is 3.92. The standard InChI is InChI=1S/C15H31N/c1-4-7-9-14(8-5-2)16-15-11-10-13(6-3)12-15/h13-16H,4-12H2,1-3H3. The molecule has 1 aliphatic rings. The van der Waals surface area contributed by atoms with Crippen LogP contribution in [0, 0.1) is 5.92 Å². The molecule has 1 heteroatoms. The van der Waals surface area contributed by atoms with Crippen molar-refractivity contribution in [3.8, 4) is 0 Å². The number of rotatable bonds is 8. The Morgan fingerprint density at radius 3 is 2.44 bits per heavy atom. The van der Waals surface area contributed by atoms with Crippen LogP contribution in [-0.4, -0.2) is 12.1 Å². The molecule has 3 unspecified atom stereocenters. The third kappa shape index (κ3) is 4.86. The first-order valence-corrected chi connectivity index (χ1v) is 7.56. The summed E-state index contributed by atoms with van der Waals surface area (Å²) in [5.41, 5.74) is 0. The van der Waals surface area contributed by atoms with Crippen LogP contribution in [0.15, 0.2) is 0 Å². The van der Waals surface area contributed by atoms with Gasteiger partial charge in [0.25, 0.3) is 0 Å². The van der Waals surface area contributed by atoms with E-state index < -0.39 is 0 Å². The predicted molar refractivity (Wildman–Crippen MR) is 72.8 cm³/mol. The highest BCUT2D eigenvalue weighted by molar-refractivity contribution is 4.82. The van der Waals surface area contributed by atoms with Crippen LogP contribution >= 0.6 is 0 Å². The van der Waals surface area contributed by atoms with Gasteiger partial charge in [0.2, 0.25) is 0 Å². The fourth-order valence-electron chi connectivity index (χ4n) is 3.04. The molecule has 0 aromatic carbocycles. The molecular formula is C15H31N. The van der Waals surface area contributed by atoms with E-state index in [4.69, 9.17) is 0 Å². The second-order valence-corrected chi connectivity index (χ2v) is 5.58. The van der Waals surface area contributed by atoms with Gasteiger partial charge in [0.1, 0.15) is 0 Å². The zero-order valence-electron chi connectivity index (χ0n) is 11.6. The first-order chi connectivity index (χ1) is 7.80. The summed E-state index contributed by atoms with van der Waals surface area (Å²) in [5, 5.41) is 3.92. The lowest BCUT2D eigenvalue weighted by Crippen LogP contribution is -2.36. The summed E-state index contributed by atoms with van der Waals surface area (Å²) >= 11 is 0. The molecule has 1 rings (SSSR count). The van der Waals surface area contributed by atoms with E-state index in [1.165, 1.54) is 57.8 Å². The molecule has 0 amide bonds. The van der Waals surface area contributed by atoms with Gasteiger partial charge >= 0.3 is 0 Å². The molecular weight excluding hydrogens is 194 g/mol. The van der Waals surface area contributed by atoms with Gasteiger partial charge in [0.05, 0.1) is 0 Å². The lowest BCUT2D eigenvalue weighted by molar-refractivity contribution is 0.372. The molecule has 1 saturated carbocycles. The first kappa shape index (κ1) is 14.0. The SMILES string of the molecule is CCCCC(CCC)NC1CCC(CC)C1. The van der Waals surface area contributed by atoms with Crippen LogP contribution in [0.2, 0.25) is 0 Å². The van der Waals surface area contributed by atoms with Gasteiger partial charge < -0.3 is 5.32 Å². The van der Waals surface area contributed by atoms with Crippen LogP contribution < -0.4 is 5.32 Å². The van der Waals surface area contributed by atoms with E-state index in [0.717, 1.165) is 18.0 Å². The normalized spacial score (nSPS) is 27.2. The Balaban J connectivity index is 2.25. The molecule has 3 atom stereocenters. The smallest absolute Gasteiger partial charge is 0.00723 e. The molecule has 0 aromatic heterocycles. The third-order valence-corrected chi connectivity index (χ3v) is 4.13. The molecule has 1 nitrogen and oxygen atoms in total. The Morgan fingerprint density at radius 1 is 1.06 bits per heavy atom. The molecule has 0 radical (unpaired) electrons. The van der Waals surface area contributed by atoms with Gasteiger partial charge in [-0.25, -0.2) is 0 Å². The minimum Gasteiger partial charge on any atom is -0.311 e. The summed E-state index contributed by atoms with van der Waals surface area (Å²) in [4.78, 5) is 0. The lowest BCUT2D eigenvalue weighted by atomic mass is 10.0. The average molecular weight is 225 g/mol. The zero-order valence-corrected chi connectivity index (χ0v) is 11.6. The maximum atomic E-state index is 3.92. The molecule has 0 aromatic rings. The molecule has 1 fully saturated rings. The minimum absolute atomic E-state index is 0.797.